The van der Waals surface area contributed by atoms with E-state index in [2.05, 4.69) is 0 Å². The van der Waals surface area contributed by atoms with E-state index in [0.29, 0.717) is 5.75 Å². The van der Waals surface area contributed by atoms with Crippen molar-refractivity contribution in [2.45, 2.75) is 33.3 Å². The van der Waals surface area contributed by atoms with Crippen LogP contribution in [0.4, 0.5) is 0 Å². The molecule has 0 saturated heterocycles. The normalized spacial score (nSPS) is 12.8. The second-order valence-electron chi connectivity index (χ2n) is 5.61. The Morgan fingerprint density at radius 1 is 1.12 bits per heavy atom. The molecule has 0 N–H and O–H groups in total. The van der Waals surface area contributed by atoms with E-state index in [0.717, 1.165) is 39.1 Å². The van der Waals surface area contributed by atoms with Crippen LogP contribution in [0.15, 0.2) is 30.3 Å². The summed E-state index contributed by atoms with van der Waals surface area (Å²) in [5.74, 6) is -2.09. The third-order valence-electron chi connectivity index (χ3n) is 3.65. The third kappa shape index (κ3) is 5.88. The summed E-state index contributed by atoms with van der Waals surface area (Å²) in [5.41, 5.74) is 0.734. The molecule has 0 fully saturated rings. The van der Waals surface area contributed by atoms with E-state index in [-0.39, 0.29) is 6.61 Å². The van der Waals surface area contributed by atoms with Crippen LogP contribution in [0.3, 0.4) is 0 Å². The van der Waals surface area contributed by atoms with Crippen molar-refractivity contribution in [2.75, 3.05) is 19.8 Å². The molecule has 2 amide bonds. The van der Waals surface area contributed by atoms with E-state index in [1.165, 1.54) is 21.0 Å². The van der Waals surface area contributed by atoms with E-state index >= 15 is 0 Å². The van der Waals surface area contributed by atoms with Gasteiger partial charge >= 0.3 is 18.5 Å². The van der Waals surface area contributed by atoms with Crippen LogP contribution in [0.25, 0.3) is 0 Å². The van der Waals surface area contributed by atoms with Crippen LogP contribution in [0.2, 0.25) is 0 Å². The number of ether oxygens (including phenoxy) is 1. The molecule has 0 spiro atoms. The first-order valence-corrected chi connectivity index (χ1v) is 11.4. The van der Waals surface area contributed by atoms with E-state index in [1.807, 2.05) is 13.0 Å². The maximum absolute atomic E-state index is 13.3. The molecule has 0 aromatic heterocycles. The fraction of sp³-hybridized carbons (Fsp3) is 0.471. The predicted octanol–water partition coefficient (Wildman–Crippen LogP) is 3.31. The van der Waals surface area contributed by atoms with Crippen molar-refractivity contribution in [3.63, 3.8) is 0 Å². The number of likely N-dealkylation sites (N-methyl/N-ethyl adjacent to an activating group) is 1. The maximum atomic E-state index is 13.3. The number of hydrogen-bond donors (Lipinski definition) is 0. The molecule has 1 aromatic carbocycles. The quantitative estimate of drug-likeness (QED) is 0.288. The van der Waals surface area contributed by atoms with Gasteiger partial charge in [-0.2, -0.15) is 0 Å². The summed E-state index contributed by atoms with van der Waals surface area (Å²) in [5, 5.41) is 0. The Hall–Kier alpha value is -1.79. The molecular weight excluding hydrogens is 375 g/mol. The number of unbranched alkanes of at least 4 members (excludes halogenated alkanes) is 1. The monoisotopic (exact) mass is 400 g/mol. The van der Waals surface area contributed by atoms with Crippen LogP contribution in [0.5, 0.6) is 0 Å². The smallest absolute Gasteiger partial charge is 0.397 e. The van der Waals surface area contributed by atoms with Gasteiger partial charge < -0.3 is 4.74 Å². The van der Waals surface area contributed by atoms with Gasteiger partial charge in [-0.1, -0.05) is 55.1 Å². The second kappa shape index (κ2) is 10.4. The fourth-order valence-corrected chi connectivity index (χ4v) is 6.69. The van der Waals surface area contributed by atoms with Crippen LogP contribution in [0, 0.1) is 0 Å². The first-order valence-electron chi connectivity index (χ1n) is 8.22. The Morgan fingerprint density at radius 3 is 2.27 bits per heavy atom. The second-order valence-corrected chi connectivity index (χ2v) is 10.7. The van der Waals surface area contributed by atoms with Gasteiger partial charge in [0, 0.05) is 26.8 Å². The minimum Gasteiger partial charge on any atom is -0.454 e. The van der Waals surface area contributed by atoms with E-state index < -0.39 is 24.4 Å². The van der Waals surface area contributed by atoms with Crippen molar-refractivity contribution in [1.82, 2.24) is 9.34 Å². The Morgan fingerprint density at radius 2 is 1.73 bits per heavy atom. The zero-order chi connectivity index (χ0) is 19.7. The molecule has 0 aliphatic heterocycles. The molecule has 1 aromatic rings. The minimum atomic E-state index is -3.61. The Balaban J connectivity index is 2.85. The lowest BCUT2D eigenvalue weighted by Gasteiger charge is -2.33. The summed E-state index contributed by atoms with van der Waals surface area (Å²) in [4.78, 5) is 36.2. The van der Waals surface area contributed by atoms with E-state index in [9.17, 15) is 18.9 Å². The number of hydrogen-bond acceptors (Lipinski definition) is 6. The molecule has 7 nitrogen and oxygen atoms in total. The standard InChI is InChI=1S/C17H25N2O5PS/c1-5-6-12-26-25(23,18(3)14(2)20)19(4)16(21)17(22)24-13-15-10-8-7-9-11-15/h7-11H,5-6,12-13H2,1-4H3. The molecule has 144 valence electrons. The van der Waals surface area contributed by atoms with Crippen LogP contribution in [-0.2, 0) is 30.3 Å². The maximum Gasteiger partial charge on any atom is 0.397 e. The number of carbonyl (C=O) groups is 3. The number of nitrogens with zero attached hydrogens (tertiary/aromatic N) is 2. The fourth-order valence-electron chi connectivity index (χ4n) is 1.91. The molecular formula is C17H25N2O5PS. The van der Waals surface area contributed by atoms with Crippen LogP contribution in [0.1, 0.15) is 32.3 Å². The summed E-state index contributed by atoms with van der Waals surface area (Å²) in [7, 11) is 2.62. The van der Waals surface area contributed by atoms with Gasteiger partial charge in [0.05, 0.1) is 0 Å². The third-order valence-corrected chi connectivity index (χ3v) is 9.47. The highest BCUT2D eigenvalue weighted by molar-refractivity contribution is 8.56. The first-order chi connectivity index (χ1) is 12.2. The highest BCUT2D eigenvalue weighted by Crippen LogP contribution is 2.63. The summed E-state index contributed by atoms with van der Waals surface area (Å²) in [6, 6.07) is 8.92. The van der Waals surface area contributed by atoms with Crippen molar-refractivity contribution in [3.8, 4) is 0 Å². The van der Waals surface area contributed by atoms with Gasteiger partial charge in [-0.25, -0.2) is 4.79 Å². The average molecular weight is 400 g/mol. The average Bonchev–Trinajstić information content (AvgIpc) is 2.64. The van der Waals surface area contributed by atoms with Crippen molar-refractivity contribution < 1.29 is 23.7 Å². The zero-order valence-electron chi connectivity index (χ0n) is 15.5. The lowest BCUT2D eigenvalue weighted by molar-refractivity contribution is -0.158. The van der Waals surface area contributed by atoms with Crippen LogP contribution >= 0.6 is 18.0 Å². The Kier molecular flexibility index (Phi) is 8.88. The predicted molar refractivity (Wildman–Crippen MR) is 102 cm³/mol. The summed E-state index contributed by atoms with van der Waals surface area (Å²) >= 11 is 1.01. The number of amides is 2. The molecule has 9 heteroatoms. The van der Waals surface area contributed by atoms with Gasteiger partial charge in [-0.15, -0.1) is 0 Å². The lowest BCUT2D eigenvalue weighted by Crippen LogP contribution is -2.37. The summed E-state index contributed by atoms with van der Waals surface area (Å²) in [6.45, 7) is -0.425. The Labute approximate surface area is 158 Å². The highest BCUT2D eigenvalue weighted by atomic mass is 32.7. The van der Waals surface area contributed by atoms with Gasteiger partial charge in [0.25, 0.3) is 0 Å². The molecule has 1 rings (SSSR count). The van der Waals surface area contributed by atoms with Crippen molar-refractivity contribution in [3.05, 3.63) is 35.9 Å². The van der Waals surface area contributed by atoms with Crippen LogP contribution < -0.4 is 0 Å². The molecule has 1 atom stereocenters. The minimum absolute atomic E-state index is 0.0604. The molecule has 0 aliphatic carbocycles. The van der Waals surface area contributed by atoms with Gasteiger partial charge in [0.1, 0.15) is 6.61 Å². The SMILES string of the molecule is CCCCSP(=O)(N(C)C(C)=O)N(C)C(=O)C(=O)OCc1ccccc1. The molecule has 1 unspecified atom stereocenters. The topological polar surface area (TPSA) is 84.0 Å². The molecule has 0 heterocycles. The summed E-state index contributed by atoms with van der Waals surface area (Å²) < 4.78 is 20.2. The van der Waals surface area contributed by atoms with Crippen LogP contribution in [-0.4, -0.2) is 47.0 Å². The molecule has 0 bridgehead atoms. The highest BCUT2D eigenvalue weighted by Gasteiger charge is 2.40. The molecule has 26 heavy (non-hydrogen) atoms. The number of benzene rings is 1. The van der Waals surface area contributed by atoms with Gasteiger partial charge in [-0.05, 0) is 12.0 Å². The number of carbonyl (C=O) groups excluding carboxylic acids is 3. The van der Waals surface area contributed by atoms with Crippen molar-refractivity contribution >= 4 is 35.8 Å². The van der Waals surface area contributed by atoms with Gasteiger partial charge in [0.2, 0.25) is 5.91 Å². The number of rotatable bonds is 8. The molecule has 0 saturated carbocycles. The molecule has 0 radical (unpaired) electrons. The number of esters is 1. The first kappa shape index (κ1) is 22.3. The molecule has 0 aliphatic rings. The van der Waals surface area contributed by atoms with Crippen molar-refractivity contribution in [1.29, 1.82) is 0 Å². The van der Waals surface area contributed by atoms with Gasteiger partial charge in [0.15, 0.2) is 0 Å². The van der Waals surface area contributed by atoms with E-state index in [4.69, 9.17) is 4.74 Å². The zero-order valence-corrected chi connectivity index (χ0v) is 17.2. The largest absolute Gasteiger partial charge is 0.454 e. The lowest BCUT2D eigenvalue weighted by atomic mass is 10.2. The van der Waals surface area contributed by atoms with E-state index in [1.54, 1.807) is 24.3 Å². The summed E-state index contributed by atoms with van der Waals surface area (Å²) in [6.07, 6.45) is 1.66. The Bertz CT molecular complexity index is 683. The van der Waals surface area contributed by atoms with Gasteiger partial charge in [-0.3, -0.25) is 23.5 Å². The van der Waals surface area contributed by atoms with Crippen molar-refractivity contribution in [2.24, 2.45) is 0 Å².